The molecule has 0 aliphatic carbocycles. The van der Waals surface area contributed by atoms with E-state index >= 15 is 0 Å². The van der Waals surface area contributed by atoms with E-state index < -0.39 is 0 Å². The molecule has 1 aromatic carbocycles. The van der Waals surface area contributed by atoms with Gasteiger partial charge >= 0.3 is 0 Å². The molecule has 23 heavy (non-hydrogen) atoms. The van der Waals surface area contributed by atoms with Crippen molar-refractivity contribution in [2.75, 3.05) is 13.7 Å². The molecule has 5 nitrogen and oxygen atoms in total. The number of hydrogen-bond acceptors (Lipinski definition) is 3. The van der Waals surface area contributed by atoms with Crippen LogP contribution in [0.5, 0.6) is 5.75 Å². The summed E-state index contributed by atoms with van der Waals surface area (Å²) in [5.74, 6) is 0.713. The molecule has 2 rings (SSSR count). The van der Waals surface area contributed by atoms with E-state index in [2.05, 4.69) is 16.5 Å². The normalized spacial score (nSPS) is 10.9. The van der Waals surface area contributed by atoms with Gasteiger partial charge in [0.2, 0.25) is 5.91 Å². The Bertz CT molecular complexity index is 672. The minimum Gasteiger partial charge on any atom is -0.497 e. The summed E-state index contributed by atoms with van der Waals surface area (Å²) in [5, 5.41) is 7.28. The molecule has 2 aromatic rings. The number of methoxy groups -OCH3 is 1. The molecular formula is C18H23N3O2. The maximum Gasteiger partial charge on any atom is 0.244 e. The molecule has 0 atom stereocenters. The first-order chi connectivity index (χ1) is 11.1. The van der Waals surface area contributed by atoms with Crippen molar-refractivity contribution in [2.24, 2.45) is 0 Å². The van der Waals surface area contributed by atoms with Gasteiger partial charge in [-0.15, -0.1) is 0 Å². The second kappa shape index (κ2) is 8.17. The molecule has 0 unspecified atom stereocenters. The molecule has 0 bridgehead atoms. The van der Waals surface area contributed by atoms with Crippen LogP contribution in [0, 0.1) is 13.8 Å². The smallest absolute Gasteiger partial charge is 0.244 e. The fourth-order valence-electron chi connectivity index (χ4n) is 2.29. The first kappa shape index (κ1) is 16.8. The van der Waals surface area contributed by atoms with Gasteiger partial charge in [0.25, 0.3) is 0 Å². The number of hydrogen-bond donors (Lipinski definition) is 1. The first-order valence-corrected chi connectivity index (χ1v) is 7.69. The molecule has 0 fully saturated rings. The lowest BCUT2D eigenvalue weighted by atomic mass is 10.2. The van der Waals surface area contributed by atoms with Gasteiger partial charge in [0.1, 0.15) is 5.75 Å². The highest BCUT2D eigenvalue weighted by atomic mass is 16.5. The number of aryl methyl sites for hydroxylation is 3. The second-order valence-corrected chi connectivity index (χ2v) is 5.40. The van der Waals surface area contributed by atoms with Crippen molar-refractivity contribution in [3.63, 3.8) is 0 Å². The second-order valence-electron chi connectivity index (χ2n) is 5.40. The van der Waals surface area contributed by atoms with Crippen molar-refractivity contribution in [1.29, 1.82) is 0 Å². The molecule has 122 valence electrons. The summed E-state index contributed by atoms with van der Waals surface area (Å²) in [4.78, 5) is 11.8. The Morgan fingerprint density at radius 1 is 1.30 bits per heavy atom. The van der Waals surface area contributed by atoms with Crippen LogP contribution in [0.4, 0.5) is 0 Å². The van der Waals surface area contributed by atoms with Crippen molar-refractivity contribution < 1.29 is 9.53 Å². The highest BCUT2D eigenvalue weighted by Crippen LogP contribution is 2.12. The Morgan fingerprint density at radius 2 is 2.04 bits per heavy atom. The van der Waals surface area contributed by atoms with Crippen molar-refractivity contribution >= 4 is 12.0 Å². The average Bonchev–Trinajstić information content (AvgIpc) is 2.87. The van der Waals surface area contributed by atoms with Gasteiger partial charge < -0.3 is 10.1 Å². The molecule has 0 radical (unpaired) electrons. The van der Waals surface area contributed by atoms with E-state index in [1.54, 1.807) is 19.3 Å². The number of nitrogens with one attached hydrogen (secondary N) is 1. The Morgan fingerprint density at radius 3 is 2.65 bits per heavy atom. The molecule has 0 saturated carbocycles. The SMILES string of the molecule is COc1ccc(/C=C/C(=O)NCCCn2nc(C)cc2C)cc1. The predicted molar refractivity (Wildman–Crippen MR) is 91.4 cm³/mol. The zero-order chi connectivity index (χ0) is 16.7. The highest BCUT2D eigenvalue weighted by molar-refractivity contribution is 5.91. The highest BCUT2D eigenvalue weighted by Gasteiger charge is 2.01. The van der Waals surface area contributed by atoms with Crippen LogP contribution < -0.4 is 10.1 Å². The van der Waals surface area contributed by atoms with Crippen LogP contribution in [0.1, 0.15) is 23.4 Å². The molecule has 0 saturated heterocycles. The Labute approximate surface area is 137 Å². The molecule has 0 aliphatic rings. The third-order valence-electron chi connectivity index (χ3n) is 3.49. The van der Waals surface area contributed by atoms with E-state index in [9.17, 15) is 4.79 Å². The molecular weight excluding hydrogens is 290 g/mol. The van der Waals surface area contributed by atoms with Crippen LogP contribution in [0.25, 0.3) is 6.08 Å². The van der Waals surface area contributed by atoms with Crippen LogP contribution >= 0.6 is 0 Å². The summed E-state index contributed by atoms with van der Waals surface area (Å²) in [6, 6.07) is 9.60. The molecule has 1 N–H and O–H groups in total. The number of ether oxygens (including phenoxy) is 1. The Kier molecular flexibility index (Phi) is 5.97. The van der Waals surface area contributed by atoms with Gasteiger partial charge in [-0.2, -0.15) is 5.10 Å². The topological polar surface area (TPSA) is 56.1 Å². The van der Waals surface area contributed by atoms with E-state index in [1.807, 2.05) is 42.8 Å². The number of carbonyl (C=O) groups is 1. The summed E-state index contributed by atoms with van der Waals surface area (Å²) in [7, 11) is 1.63. The Hall–Kier alpha value is -2.56. The standard InChI is InChI=1S/C18H23N3O2/c1-14-13-15(2)21(20-14)12-4-11-19-18(22)10-7-16-5-8-17(23-3)9-6-16/h5-10,13H,4,11-12H2,1-3H3,(H,19,22)/b10-7+. The van der Waals surface area contributed by atoms with E-state index in [4.69, 9.17) is 4.74 Å². The van der Waals surface area contributed by atoms with Crippen molar-refractivity contribution in [1.82, 2.24) is 15.1 Å². The van der Waals surface area contributed by atoms with Gasteiger partial charge in [0, 0.05) is 24.9 Å². The monoisotopic (exact) mass is 313 g/mol. The maximum atomic E-state index is 11.8. The largest absolute Gasteiger partial charge is 0.497 e. The van der Waals surface area contributed by atoms with Crippen LogP contribution in [0.15, 0.2) is 36.4 Å². The van der Waals surface area contributed by atoms with E-state index in [1.165, 1.54) is 0 Å². The lowest BCUT2D eigenvalue weighted by Crippen LogP contribution is -2.23. The van der Waals surface area contributed by atoms with E-state index in [0.29, 0.717) is 6.54 Å². The molecule has 5 heteroatoms. The van der Waals surface area contributed by atoms with Crippen LogP contribution in [-0.4, -0.2) is 29.3 Å². The number of rotatable bonds is 7. The van der Waals surface area contributed by atoms with Crippen molar-refractivity contribution in [3.05, 3.63) is 53.4 Å². The van der Waals surface area contributed by atoms with Crippen LogP contribution in [0.2, 0.25) is 0 Å². The summed E-state index contributed by atoms with van der Waals surface area (Å²) >= 11 is 0. The van der Waals surface area contributed by atoms with Crippen molar-refractivity contribution in [2.45, 2.75) is 26.8 Å². The molecule has 1 aromatic heterocycles. The zero-order valence-electron chi connectivity index (χ0n) is 13.9. The number of nitrogens with zero attached hydrogens (tertiary/aromatic N) is 2. The lowest BCUT2D eigenvalue weighted by Gasteiger charge is -2.05. The molecule has 0 spiro atoms. The van der Waals surface area contributed by atoms with Crippen LogP contribution in [-0.2, 0) is 11.3 Å². The quantitative estimate of drug-likeness (QED) is 0.631. The van der Waals surface area contributed by atoms with Crippen molar-refractivity contribution in [3.8, 4) is 5.75 Å². The fourth-order valence-corrected chi connectivity index (χ4v) is 2.29. The first-order valence-electron chi connectivity index (χ1n) is 7.69. The zero-order valence-corrected chi connectivity index (χ0v) is 13.9. The summed E-state index contributed by atoms with van der Waals surface area (Å²) < 4.78 is 7.06. The van der Waals surface area contributed by atoms with Gasteiger partial charge in [-0.3, -0.25) is 9.48 Å². The molecule has 0 aliphatic heterocycles. The number of carbonyl (C=O) groups excluding carboxylic acids is 1. The van der Waals surface area contributed by atoms with Gasteiger partial charge in [-0.1, -0.05) is 12.1 Å². The van der Waals surface area contributed by atoms with Gasteiger partial charge in [-0.05, 0) is 50.1 Å². The number of benzene rings is 1. The summed E-state index contributed by atoms with van der Waals surface area (Å²) in [6.07, 6.45) is 4.19. The maximum absolute atomic E-state index is 11.8. The molecule has 1 heterocycles. The molecule has 1 amide bonds. The summed E-state index contributed by atoms with van der Waals surface area (Å²) in [6.45, 7) is 5.46. The fraction of sp³-hybridized carbons (Fsp3) is 0.333. The van der Waals surface area contributed by atoms with Crippen LogP contribution in [0.3, 0.4) is 0 Å². The minimum atomic E-state index is -0.0887. The lowest BCUT2D eigenvalue weighted by molar-refractivity contribution is -0.116. The van der Waals surface area contributed by atoms with Gasteiger partial charge in [0.05, 0.1) is 12.8 Å². The number of aromatic nitrogens is 2. The van der Waals surface area contributed by atoms with E-state index in [0.717, 1.165) is 35.7 Å². The number of amides is 1. The van der Waals surface area contributed by atoms with Gasteiger partial charge in [0.15, 0.2) is 0 Å². The minimum absolute atomic E-state index is 0.0887. The van der Waals surface area contributed by atoms with E-state index in [-0.39, 0.29) is 5.91 Å². The third-order valence-corrected chi connectivity index (χ3v) is 3.49. The summed E-state index contributed by atoms with van der Waals surface area (Å²) in [5.41, 5.74) is 3.13. The van der Waals surface area contributed by atoms with Gasteiger partial charge in [-0.25, -0.2) is 0 Å². The Balaban J connectivity index is 1.72. The predicted octanol–water partition coefficient (Wildman–Crippen LogP) is 2.73. The third kappa shape index (κ3) is 5.29. The average molecular weight is 313 g/mol.